The molecule has 0 aliphatic heterocycles. The highest BCUT2D eigenvalue weighted by atomic mass is 32.2. The number of nitriles is 1. The van der Waals surface area contributed by atoms with Gasteiger partial charge in [-0.3, -0.25) is 0 Å². The normalized spacial score (nSPS) is 10.9. The van der Waals surface area contributed by atoms with Gasteiger partial charge in [-0.25, -0.2) is 12.8 Å². The molecule has 0 aliphatic carbocycles. The van der Waals surface area contributed by atoms with E-state index < -0.39 is 9.84 Å². The van der Waals surface area contributed by atoms with Gasteiger partial charge in [-0.2, -0.15) is 5.26 Å². The predicted octanol–water partition coefficient (Wildman–Crippen LogP) is 4.11. The zero-order valence-electron chi connectivity index (χ0n) is 13.6. The Morgan fingerprint density at radius 3 is 2.23 bits per heavy atom. The summed E-state index contributed by atoms with van der Waals surface area (Å²) in [6.45, 7) is 0.223. The Hall–Kier alpha value is -3.17. The summed E-state index contributed by atoms with van der Waals surface area (Å²) in [5.74, 6) is 0.176. The first kappa shape index (κ1) is 17.6. The molecule has 0 saturated heterocycles. The molecule has 0 bridgehead atoms. The summed E-state index contributed by atoms with van der Waals surface area (Å²) in [5.41, 5.74) is 0.873. The lowest BCUT2D eigenvalue weighted by atomic mass is 10.2. The first-order chi connectivity index (χ1) is 12.5. The zero-order valence-corrected chi connectivity index (χ0v) is 14.4. The van der Waals surface area contributed by atoms with Crippen LogP contribution in [0.3, 0.4) is 0 Å². The maximum Gasteiger partial charge on any atom is 0.207 e. The largest absolute Gasteiger partial charge is 0.489 e. The molecule has 0 N–H and O–H groups in total. The molecule has 0 amide bonds. The maximum absolute atomic E-state index is 12.9. The second kappa shape index (κ2) is 7.38. The first-order valence-corrected chi connectivity index (χ1v) is 9.20. The Balaban J connectivity index is 1.78. The third-order valence-corrected chi connectivity index (χ3v) is 5.58. The summed E-state index contributed by atoms with van der Waals surface area (Å²) in [6, 6.07) is 19.9. The third kappa shape index (κ3) is 3.73. The SMILES string of the molecule is N#Cc1ccccc1S(=O)(=O)c1ccc(COc2ccc(F)cc2)cc1. The van der Waals surface area contributed by atoms with Crippen LogP contribution in [0.5, 0.6) is 5.75 Å². The second-order valence-electron chi connectivity index (χ2n) is 5.50. The van der Waals surface area contributed by atoms with Gasteiger partial charge >= 0.3 is 0 Å². The Bertz CT molecular complexity index is 1050. The fourth-order valence-corrected chi connectivity index (χ4v) is 3.79. The van der Waals surface area contributed by atoms with Crippen molar-refractivity contribution in [2.24, 2.45) is 0 Å². The van der Waals surface area contributed by atoms with Crippen molar-refractivity contribution in [2.45, 2.75) is 16.4 Å². The first-order valence-electron chi connectivity index (χ1n) is 7.72. The number of halogens is 1. The Morgan fingerprint density at radius 2 is 1.58 bits per heavy atom. The molecule has 0 heterocycles. The lowest BCUT2D eigenvalue weighted by molar-refractivity contribution is 0.305. The van der Waals surface area contributed by atoms with Crippen molar-refractivity contribution in [2.75, 3.05) is 0 Å². The van der Waals surface area contributed by atoms with Gasteiger partial charge in [0, 0.05) is 0 Å². The van der Waals surface area contributed by atoms with Crippen LogP contribution in [-0.2, 0) is 16.4 Å². The number of sulfone groups is 1. The standard InChI is InChI=1S/C20H14FNO3S/c21-17-7-9-18(10-8-17)25-14-15-5-11-19(12-6-15)26(23,24)20-4-2-1-3-16(20)13-22/h1-12H,14H2. The average Bonchev–Trinajstić information content (AvgIpc) is 2.68. The number of nitrogens with zero attached hydrogens (tertiary/aromatic N) is 1. The van der Waals surface area contributed by atoms with E-state index in [4.69, 9.17) is 10.00 Å². The smallest absolute Gasteiger partial charge is 0.207 e. The molecule has 26 heavy (non-hydrogen) atoms. The maximum atomic E-state index is 12.9. The highest BCUT2D eigenvalue weighted by molar-refractivity contribution is 7.91. The van der Waals surface area contributed by atoms with E-state index in [0.29, 0.717) is 5.75 Å². The van der Waals surface area contributed by atoms with Crippen LogP contribution in [-0.4, -0.2) is 8.42 Å². The molecule has 0 saturated carbocycles. The van der Waals surface area contributed by atoms with E-state index in [0.717, 1.165) is 5.56 Å². The molecule has 3 aromatic rings. The molecule has 0 fully saturated rings. The zero-order chi connectivity index (χ0) is 18.6. The molecule has 0 aromatic heterocycles. The molecule has 0 atom stereocenters. The summed E-state index contributed by atoms with van der Waals surface area (Å²) < 4.78 is 43.8. The Kier molecular flexibility index (Phi) is 5.01. The van der Waals surface area contributed by atoms with Crippen molar-refractivity contribution in [1.82, 2.24) is 0 Å². The van der Waals surface area contributed by atoms with Gasteiger partial charge in [0.25, 0.3) is 0 Å². The fourth-order valence-electron chi connectivity index (χ4n) is 2.38. The Morgan fingerprint density at radius 1 is 0.923 bits per heavy atom. The van der Waals surface area contributed by atoms with Gasteiger partial charge in [0.1, 0.15) is 24.2 Å². The van der Waals surface area contributed by atoms with Crippen molar-refractivity contribution in [3.63, 3.8) is 0 Å². The minimum Gasteiger partial charge on any atom is -0.489 e. The van der Waals surface area contributed by atoms with Crippen LogP contribution in [0.2, 0.25) is 0 Å². The quantitative estimate of drug-likeness (QED) is 0.681. The lowest BCUT2D eigenvalue weighted by Gasteiger charge is -2.09. The molecule has 4 nitrogen and oxygen atoms in total. The number of ether oxygens (including phenoxy) is 1. The van der Waals surface area contributed by atoms with Gasteiger partial charge in [-0.15, -0.1) is 0 Å². The van der Waals surface area contributed by atoms with Crippen molar-refractivity contribution >= 4 is 9.84 Å². The molecular weight excluding hydrogens is 353 g/mol. The van der Waals surface area contributed by atoms with Crippen LogP contribution in [0, 0.1) is 17.1 Å². The number of hydrogen-bond acceptors (Lipinski definition) is 4. The van der Waals surface area contributed by atoms with Crippen LogP contribution in [0.1, 0.15) is 11.1 Å². The monoisotopic (exact) mass is 367 g/mol. The molecule has 3 aromatic carbocycles. The van der Waals surface area contributed by atoms with Gasteiger partial charge in [-0.05, 0) is 54.1 Å². The van der Waals surface area contributed by atoms with Gasteiger partial charge < -0.3 is 4.74 Å². The molecular formula is C20H14FNO3S. The van der Waals surface area contributed by atoms with Crippen molar-refractivity contribution in [3.05, 3.63) is 89.7 Å². The molecule has 0 radical (unpaired) electrons. The molecule has 0 spiro atoms. The van der Waals surface area contributed by atoms with Crippen LogP contribution in [0.15, 0.2) is 82.6 Å². The van der Waals surface area contributed by atoms with Crippen molar-refractivity contribution < 1.29 is 17.5 Å². The number of hydrogen-bond donors (Lipinski definition) is 0. The minimum atomic E-state index is -3.78. The fraction of sp³-hybridized carbons (Fsp3) is 0.0500. The van der Waals surface area contributed by atoms with Gasteiger partial charge in [0.05, 0.1) is 15.4 Å². The topological polar surface area (TPSA) is 67.2 Å². The minimum absolute atomic E-state index is 0.0159. The van der Waals surface area contributed by atoms with E-state index in [9.17, 15) is 12.8 Å². The van der Waals surface area contributed by atoms with E-state index in [1.54, 1.807) is 24.3 Å². The van der Waals surface area contributed by atoms with E-state index in [1.165, 1.54) is 48.5 Å². The van der Waals surface area contributed by atoms with Crippen LogP contribution >= 0.6 is 0 Å². The van der Waals surface area contributed by atoms with Gasteiger partial charge in [0.2, 0.25) is 9.84 Å². The van der Waals surface area contributed by atoms with Crippen LogP contribution < -0.4 is 4.74 Å². The van der Waals surface area contributed by atoms with Crippen LogP contribution in [0.4, 0.5) is 4.39 Å². The average molecular weight is 367 g/mol. The van der Waals surface area contributed by atoms with E-state index in [1.807, 2.05) is 6.07 Å². The number of rotatable bonds is 5. The highest BCUT2D eigenvalue weighted by Crippen LogP contribution is 2.24. The third-order valence-electron chi connectivity index (χ3n) is 3.75. The summed E-state index contributed by atoms with van der Waals surface area (Å²) in [5, 5.41) is 9.11. The van der Waals surface area contributed by atoms with Gasteiger partial charge in [-0.1, -0.05) is 24.3 Å². The number of benzene rings is 3. The summed E-state index contributed by atoms with van der Waals surface area (Å²) in [4.78, 5) is 0.0866. The molecule has 3 rings (SSSR count). The van der Waals surface area contributed by atoms with E-state index >= 15 is 0 Å². The molecule has 6 heteroatoms. The van der Waals surface area contributed by atoms with E-state index in [-0.39, 0.29) is 27.8 Å². The molecule has 130 valence electrons. The van der Waals surface area contributed by atoms with Crippen molar-refractivity contribution in [1.29, 1.82) is 5.26 Å². The highest BCUT2D eigenvalue weighted by Gasteiger charge is 2.20. The van der Waals surface area contributed by atoms with E-state index in [2.05, 4.69) is 0 Å². The molecule has 0 aliphatic rings. The lowest BCUT2D eigenvalue weighted by Crippen LogP contribution is -2.05. The second-order valence-corrected chi connectivity index (χ2v) is 7.42. The van der Waals surface area contributed by atoms with Crippen LogP contribution in [0.25, 0.3) is 0 Å². The summed E-state index contributed by atoms with van der Waals surface area (Å²) in [6.07, 6.45) is 0. The molecule has 0 unspecified atom stereocenters. The van der Waals surface area contributed by atoms with Crippen molar-refractivity contribution in [3.8, 4) is 11.8 Å². The predicted molar refractivity (Wildman–Crippen MR) is 93.8 cm³/mol. The summed E-state index contributed by atoms with van der Waals surface area (Å²) >= 11 is 0. The van der Waals surface area contributed by atoms with Gasteiger partial charge in [0.15, 0.2) is 0 Å². The summed E-state index contributed by atoms with van der Waals surface area (Å²) in [7, 11) is -3.78. The Labute approximate surface area is 151 Å².